The summed E-state index contributed by atoms with van der Waals surface area (Å²) in [6.45, 7) is 0.680. The van der Waals surface area contributed by atoms with E-state index in [1.54, 1.807) is 25.3 Å². The largest absolute Gasteiger partial charge is 0.458 e. The monoisotopic (exact) mass is 516 g/mol. The molecule has 0 aliphatic carbocycles. The fourth-order valence-corrected chi connectivity index (χ4v) is 3.70. The van der Waals surface area contributed by atoms with Crippen LogP contribution in [0.3, 0.4) is 0 Å². The highest BCUT2D eigenvalue weighted by Gasteiger charge is 2.32. The number of benzene rings is 1. The van der Waals surface area contributed by atoms with Gasteiger partial charge in [-0.05, 0) is 43.4 Å². The SMILES string of the molecule is Cc1ccc(Nc2ncnc3c(C4CCN(C(=O)OCC(F)(F)F)CC4)coc23)c(F)c1.O=S=O. The molecule has 3 aromatic rings. The second-order valence-electron chi connectivity index (χ2n) is 7.70. The summed E-state index contributed by atoms with van der Waals surface area (Å²) in [4.78, 5) is 21.6. The zero-order valence-electron chi connectivity index (χ0n) is 18.3. The number of aromatic nitrogens is 2. The van der Waals surface area contributed by atoms with Gasteiger partial charge in [0.2, 0.25) is 0 Å². The molecule has 2 aromatic heterocycles. The number of amides is 1. The molecule has 4 rings (SSSR count). The van der Waals surface area contributed by atoms with Crippen molar-refractivity contribution in [2.75, 3.05) is 25.0 Å². The van der Waals surface area contributed by atoms with Crippen molar-refractivity contribution in [3.8, 4) is 0 Å². The minimum atomic E-state index is -4.56. The Morgan fingerprint density at radius 1 is 1.26 bits per heavy atom. The number of piperidine rings is 1. The molecule has 9 nitrogen and oxygen atoms in total. The Kier molecular flexibility index (Phi) is 8.38. The summed E-state index contributed by atoms with van der Waals surface area (Å²) < 4.78 is 77.5. The number of nitrogens with zero attached hydrogens (tertiary/aromatic N) is 3. The Balaban J connectivity index is 0.00000108. The molecule has 0 unspecified atom stereocenters. The van der Waals surface area contributed by atoms with Crippen LogP contribution >= 0.6 is 0 Å². The van der Waals surface area contributed by atoms with Crippen molar-refractivity contribution in [3.63, 3.8) is 0 Å². The lowest BCUT2D eigenvalue weighted by molar-refractivity contribution is -0.162. The Morgan fingerprint density at radius 2 is 1.94 bits per heavy atom. The first-order chi connectivity index (χ1) is 16.6. The smallest absolute Gasteiger partial charge is 0.422 e. The van der Waals surface area contributed by atoms with Crippen LogP contribution in [-0.4, -0.2) is 55.3 Å². The molecule has 0 radical (unpaired) electrons. The van der Waals surface area contributed by atoms with Gasteiger partial charge in [-0.15, -0.1) is 0 Å². The van der Waals surface area contributed by atoms with E-state index in [1.165, 1.54) is 17.3 Å². The highest BCUT2D eigenvalue weighted by molar-refractivity contribution is 7.51. The minimum absolute atomic E-state index is 0.0122. The predicted octanol–water partition coefficient (Wildman–Crippen LogP) is 4.62. The topological polar surface area (TPSA) is 115 Å². The maximum atomic E-state index is 14.2. The summed E-state index contributed by atoms with van der Waals surface area (Å²) >= 11 is -0.750. The standard InChI is InChI=1S/C21H20F4N4O3.O2S/c1-12-2-3-16(15(22)8-12)28-19-18-17(26-11-27-19)14(9-31-18)13-4-6-29(7-5-13)20(30)32-10-21(23,24)25;1-3-2/h2-3,8-9,11,13H,4-7,10H2,1H3,(H,26,27,28);. The van der Waals surface area contributed by atoms with Gasteiger partial charge in [-0.2, -0.15) is 21.6 Å². The molecule has 1 amide bonds. The number of furan rings is 1. The molecule has 1 N–H and O–H groups in total. The molecular formula is C21H20F4N4O5S. The van der Waals surface area contributed by atoms with Gasteiger partial charge in [-0.1, -0.05) is 6.07 Å². The van der Waals surface area contributed by atoms with Gasteiger partial charge in [0, 0.05) is 18.7 Å². The van der Waals surface area contributed by atoms with E-state index < -0.39 is 36.3 Å². The molecule has 0 atom stereocenters. The predicted molar refractivity (Wildman–Crippen MR) is 116 cm³/mol. The zero-order chi connectivity index (χ0) is 25.6. The number of nitrogens with one attached hydrogen (secondary N) is 1. The van der Waals surface area contributed by atoms with E-state index >= 15 is 0 Å². The van der Waals surface area contributed by atoms with Gasteiger partial charge in [-0.25, -0.2) is 19.2 Å². The number of fused-ring (bicyclic) bond motifs is 1. The minimum Gasteiger partial charge on any atom is -0.458 e. The van der Waals surface area contributed by atoms with Crippen molar-refractivity contribution >= 4 is 40.3 Å². The lowest BCUT2D eigenvalue weighted by Gasteiger charge is -2.31. The fourth-order valence-electron chi connectivity index (χ4n) is 3.70. The van der Waals surface area contributed by atoms with Crippen LogP contribution < -0.4 is 5.32 Å². The van der Waals surface area contributed by atoms with Gasteiger partial charge in [-0.3, -0.25) is 0 Å². The number of rotatable bonds is 4. The number of aryl methyl sites for hydroxylation is 1. The highest BCUT2D eigenvalue weighted by Crippen LogP contribution is 2.36. The molecule has 0 saturated carbocycles. The molecule has 0 bridgehead atoms. The molecule has 1 saturated heterocycles. The van der Waals surface area contributed by atoms with Crippen LogP contribution in [0, 0.1) is 12.7 Å². The van der Waals surface area contributed by atoms with Gasteiger partial charge in [0.15, 0.2) is 18.0 Å². The van der Waals surface area contributed by atoms with E-state index in [4.69, 9.17) is 12.8 Å². The van der Waals surface area contributed by atoms with E-state index in [2.05, 4.69) is 20.0 Å². The Morgan fingerprint density at radius 3 is 2.57 bits per heavy atom. The van der Waals surface area contributed by atoms with Crippen molar-refractivity contribution in [3.05, 3.63) is 47.7 Å². The number of carbonyl (C=O) groups is 1. The Bertz CT molecular complexity index is 1220. The van der Waals surface area contributed by atoms with Crippen molar-refractivity contribution in [2.24, 2.45) is 0 Å². The van der Waals surface area contributed by atoms with Gasteiger partial charge < -0.3 is 19.4 Å². The zero-order valence-corrected chi connectivity index (χ0v) is 19.1. The third-order valence-corrected chi connectivity index (χ3v) is 5.31. The molecule has 188 valence electrons. The maximum Gasteiger partial charge on any atom is 0.422 e. The molecule has 14 heteroatoms. The van der Waals surface area contributed by atoms with E-state index in [-0.39, 0.29) is 24.7 Å². The van der Waals surface area contributed by atoms with Gasteiger partial charge >= 0.3 is 23.8 Å². The Labute approximate surface area is 200 Å². The van der Waals surface area contributed by atoms with Gasteiger partial charge in [0.1, 0.15) is 17.7 Å². The first-order valence-corrected chi connectivity index (χ1v) is 10.9. The van der Waals surface area contributed by atoms with Gasteiger partial charge in [0.25, 0.3) is 0 Å². The summed E-state index contributed by atoms with van der Waals surface area (Å²) in [6.07, 6.45) is -1.62. The van der Waals surface area contributed by atoms with Crippen LogP contribution in [0.15, 0.2) is 35.2 Å². The number of hydrogen-bond acceptors (Lipinski definition) is 8. The third kappa shape index (κ3) is 6.74. The van der Waals surface area contributed by atoms with Crippen molar-refractivity contribution in [2.45, 2.75) is 31.9 Å². The first kappa shape index (κ1) is 26.1. The number of alkyl halides is 3. The van der Waals surface area contributed by atoms with Crippen LogP contribution in [0.2, 0.25) is 0 Å². The summed E-state index contributed by atoms with van der Waals surface area (Å²) in [5.41, 5.74) is 2.77. The summed E-state index contributed by atoms with van der Waals surface area (Å²) in [6, 6.07) is 4.78. The second-order valence-corrected chi connectivity index (χ2v) is 7.83. The highest BCUT2D eigenvalue weighted by atomic mass is 32.1. The van der Waals surface area contributed by atoms with E-state index in [0.717, 1.165) is 11.1 Å². The quantitative estimate of drug-likeness (QED) is 0.500. The summed E-state index contributed by atoms with van der Waals surface area (Å²) in [5.74, 6) is -0.118. The number of carbonyl (C=O) groups excluding carboxylic acids is 1. The molecule has 0 spiro atoms. The summed E-state index contributed by atoms with van der Waals surface area (Å²) in [7, 11) is 0. The molecule has 3 heterocycles. The molecule has 1 aliphatic heterocycles. The average Bonchev–Trinajstić information content (AvgIpc) is 3.25. The van der Waals surface area contributed by atoms with E-state index in [9.17, 15) is 22.4 Å². The lowest BCUT2D eigenvalue weighted by Crippen LogP contribution is -2.39. The van der Waals surface area contributed by atoms with Crippen LogP contribution in [0.5, 0.6) is 0 Å². The number of halogens is 4. The van der Waals surface area contributed by atoms with E-state index in [1.807, 2.05) is 0 Å². The van der Waals surface area contributed by atoms with Crippen molar-refractivity contribution < 1.29 is 39.9 Å². The first-order valence-electron chi connectivity index (χ1n) is 10.3. The Hall–Kier alpha value is -3.55. The number of likely N-dealkylation sites (tertiary alicyclic amines) is 1. The molecule has 1 fully saturated rings. The second kappa shape index (κ2) is 11.3. The maximum absolute atomic E-state index is 14.2. The van der Waals surface area contributed by atoms with Crippen LogP contribution in [0.4, 0.5) is 33.9 Å². The third-order valence-electron chi connectivity index (χ3n) is 5.31. The van der Waals surface area contributed by atoms with Crippen LogP contribution in [0.25, 0.3) is 11.1 Å². The number of ether oxygens (including phenoxy) is 1. The van der Waals surface area contributed by atoms with Crippen molar-refractivity contribution in [1.29, 1.82) is 0 Å². The number of hydrogen-bond donors (Lipinski definition) is 1. The molecule has 1 aromatic carbocycles. The fraction of sp³-hybridized carbons (Fsp3) is 0.381. The normalized spacial score (nSPS) is 14.3. The molecular weight excluding hydrogens is 496 g/mol. The molecule has 1 aliphatic rings. The molecule has 35 heavy (non-hydrogen) atoms. The number of anilines is 2. The lowest BCUT2D eigenvalue weighted by atomic mass is 9.90. The van der Waals surface area contributed by atoms with Crippen LogP contribution in [0.1, 0.15) is 29.9 Å². The summed E-state index contributed by atoms with van der Waals surface area (Å²) in [5, 5.41) is 2.93. The van der Waals surface area contributed by atoms with E-state index in [0.29, 0.717) is 29.8 Å². The van der Waals surface area contributed by atoms with Crippen LogP contribution in [-0.2, 0) is 16.3 Å². The van der Waals surface area contributed by atoms with Crippen molar-refractivity contribution in [1.82, 2.24) is 14.9 Å². The average molecular weight is 516 g/mol. The van der Waals surface area contributed by atoms with Gasteiger partial charge in [0.05, 0.1) is 12.0 Å².